The van der Waals surface area contributed by atoms with Crippen molar-refractivity contribution in [2.24, 2.45) is 4.99 Å². The molecule has 0 saturated carbocycles. The second-order valence-electron chi connectivity index (χ2n) is 7.63. The number of rotatable bonds is 6. The number of benzene rings is 2. The Kier molecular flexibility index (Phi) is 7.36. The fourth-order valence-corrected chi connectivity index (χ4v) is 3.61. The van der Waals surface area contributed by atoms with Crippen LogP contribution in [0.5, 0.6) is 5.75 Å². The van der Waals surface area contributed by atoms with E-state index in [0.717, 1.165) is 51.0 Å². The summed E-state index contributed by atoms with van der Waals surface area (Å²) in [4.78, 5) is 11.4. The van der Waals surface area contributed by atoms with Crippen molar-refractivity contribution in [1.82, 2.24) is 15.1 Å². The molecule has 1 heterocycles. The monoisotopic (exact) mass is 395 g/mol. The highest BCUT2D eigenvalue weighted by Crippen LogP contribution is 2.20. The van der Waals surface area contributed by atoms with Crippen LogP contribution in [-0.4, -0.2) is 70.2 Å². The standard InChI is InChI=1S/C23H33N5O/c1-24-23(25-17-19-5-7-20(8-6-19)18-26(2)3)28-15-13-27(14-16-28)21-9-11-22(29-4)12-10-21/h5-12H,13-18H2,1-4H3,(H,24,25). The van der Waals surface area contributed by atoms with Gasteiger partial charge in [-0.25, -0.2) is 0 Å². The lowest BCUT2D eigenvalue weighted by Gasteiger charge is -2.37. The van der Waals surface area contributed by atoms with E-state index in [-0.39, 0.29) is 0 Å². The second-order valence-corrected chi connectivity index (χ2v) is 7.63. The van der Waals surface area contributed by atoms with Crippen molar-refractivity contribution in [2.75, 3.05) is 59.3 Å². The molecule has 0 bridgehead atoms. The molecule has 156 valence electrons. The van der Waals surface area contributed by atoms with Crippen LogP contribution in [0, 0.1) is 0 Å². The molecule has 29 heavy (non-hydrogen) atoms. The molecule has 0 radical (unpaired) electrons. The highest BCUT2D eigenvalue weighted by Gasteiger charge is 2.19. The van der Waals surface area contributed by atoms with E-state index in [1.54, 1.807) is 7.11 Å². The van der Waals surface area contributed by atoms with Crippen molar-refractivity contribution in [1.29, 1.82) is 0 Å². The van der Waals surface area contributed by atoms with Gasteiger partial charge in [-0.05, 0) is 49.5 Å². The molecule has 2 aromatic carbocycles. The lowest BCUT2D eigenvalue weighted by molar-refractivity contribution is 0.372. The Balaban J connectivity index is 1.49. The van der Waals surface area contributed by atoms with Gasteiger partial charge in [-0.3, -0.25) is 4.99 Å². The summed E-state index contributed by atoms with van der Waals surface area (Å²) >= 11 is 0. The third kappa shape index (κ3) is 5.87. The van der Waals surface area contributed by atoms with Gasteiger partial charge in [0, 0.05) is 52.0 Å². The Labute approximate surface area is 174 Å². The zero-order chi connectivity index (χ0) is 20.6. The molecule has 0 atom stereocenters. The zero-order valence-corrected chi connectivity index (χ0v) is 18.1. The van der Waals surface area contributed by atoms with Gasteiger partial charge in [0.1, 0.15) is 5.75 Å². The SMILES string of the molecule is CN=C(NCc1ccc(CN(C)C)cc1)N1CCN(c2ccc(OC)cc2)CC1. The Morgan fingerprint density at radius 3 is 2.14 bits per heavy atom. The minimum Gasteiger partial charge on any atom is -0.497 e. The van der Waals surface area contributed by atoms with Crippen molar-refractivity contribution in [3.05, 3.63) is 59.7 Å². The topological polar surface area (TPSA) is 43.3 Å². The van der Waals surface area contributed by atoms with Crippen molar-refractivity contribution < 1.29 is 4.74 Å². The van der Waals surface area contributed by atoms with E-state index in [9.17, 15) is 0 Å². The molecule has 3 rings (SSSR count). The number of hydrogen-bond acceptors (Lipinski definition) is 4. The van der Waals surface area contributed by atoms with E-state index in [2.05, 4.69) is 75.5 Å². The number of piperazine rings is 1. The van der Waals surface area contributed by atoms with E-state index in [1.165, 1.54) is 16.8 Å². The van der Waals surface area contributed by atoms with Gasteiger partial charge >= 0.3 is 0 Å². The first-order chi connectivity index (χ1) is 14.1. The normalized spacial score (nSPS) is 15.0. The lowest BCUT2D eigenvalue weighted by atomic mass is 10.1. The van der Waals surface area contributed by atoms with Gasteiger partial charge in [0.15, 0.2) is 5.96 Å². The number of aliphatic imine (C=N–C) groups is 1. The average Bonchev–Trinajstić information content (AvgIpc) is 2.75. The quantitative estimate of drug-likeness (QED) is 0.602. The van der Waals surface area contributed by atoms with E-state index in [1.807, 2.05) is 19.2 Å². The Hall–Kier alpha value is -2.73. The van der Waals surface area contributed by atoms with E-state index >= 15 is 0 Å². The van der Waals surface area contributed by atoms with Crippen LogP contribution < -0.4 is 15.0 Å². The van der Waals surface area contributed by atoms with Gasteiger partial charge in [-0.2, -0.15) is 0 Å². The number of nitrogens with zero attached hydrogens (tertiary/aromatic N) is 4. The summed E-state index contributed by atoms with van der Waals surface area (Å²) < 4.78 is 5.25. The summed E-state index contributed by atoms with van der Waals surface area (Å²) in [6.07, 6.45) is 0. The molecular weight excluding hydrogens is 362 g/mol. The maximum Gasteiger partial charge on any atom is 0.194 e. The number of hydrogen-bond donors (Lipinski definition) is 1. The zero-order valence-electron chi connectivity index (χ0n) is 18.1. The molecule has 2 aromatic rings. The van der Waals surface area contributed by atoms with Gasteiger partial charge in [0.2, 0.25) is 0 Å². The molecule has 0 aliphatic carbocycles. The first-order valence-electron chi connectivity index (χ1n) is 10.2. The fourth-order valence-electron chi connectivity index (χ4n) is 3.61. The minimum absolute atomic E-state index is 0.785. The molecule has 1 fully saturated rings. The smallest absolute Gasteiger partial charge is 0.194 e. The van der Waals surface area contributed by atoms with E-state index in [0.29, 0.717) is 0 Å². The summed E-state index contributed by atoms with van der Waals surface area (Å²) in [5.41, 5.74) is 3.84. The number of anilines is 1. The number of methoxy groups -OCH3 is 1. The van der Waals surface area contributed by atoms with Crippen LogP contribution in [0.15, 0.2) is 53.5 Å². The van der Waals surface area contributed by atoms with Gasteiger partial charge in [-0.15, -0.1) is 0 Å². The maximum absolute atomic E-state index is 5.25. The predicted molar refractivity (Wildman–Crippen MR) is 121 cm³/mol. The molecule has 1 saturated heterocycles. The second kappa shape index (κ2) is 10.2. The summed E-state index contributed by atoms with van der Waals surface area (Å²) in [6.45, 7) is 5.61. The van der Waals surface area contributed by atoms with Crippen molar-refractivity contribution in [3.8, 4) is 5.75 Å². The maximum atomic E-state index is 5.25. The summed E-state index contributed by atoms with van der Waals surface area (Å²) in [7, 11) is 7.74. The highest BCUT2D eigenvalue weighted by atomic mass is 16.5. The van der Waals surface area contributed by atoms with Crippen LogP contribution in [0.4, 0.5) is 5.69 Å². The molecule has 0 amide bonds. The molecule has 0 unspecified atom stereocenters. The third-order valence-corrected chi connectivity index (χ3v) is 5.20. The number of ether oxygens (including phenoxy) is 1. The summed E-state index contributed by atoms with van der Waals surface area (Å²) in [6, 6.07) is 17.1. The third-order valence-electron chi connectivity index (χ3n) is 5.20. The van der Waals surface area contributed by atoms with Gasteiger partial charge in [-0.1, -0.05) is 24.3 Å². The van der Waals surface area contributed by atoms with Gasteiger partial charge in [0.25, 0.3) is 0 Å². The van der Waals surface area contributed by atoms with Crippen LogP contribution in [0.25, 0.3) is 0 Å². The predicted octanol–water partition coefficient (Wildman–Crippen LogP) is 2.65. The highest BCUT2D eigenvalue weighted by molar-refractivity contribution is 5.80. The van der Waals surface area contributed by atoms with Crippen molar-refractivity contribution >= 4 is 11.6 Å². The Morgan fingerprint density at radius 1 is 0.966 bits per heavy atom. The van der Waals surface area contributed by atoms with E-state index < -0.39 is 0 Å². The Bertz CT molecular complexity index is 778. The van der Waals surface area contributed by atoms with Crippen LogP contribution in [0.3, 0.4) is 0 Å². The number of nitrogens with one attached hydrogen (secondary N) is 1. The molecule has 0 spiro atoms. The van der Waals surface area contributed by atoms with Crippen molar-refractivity contribution in [2.45, 2.75) is 13.1 Å². The largest absolute Gasteiger partial charge is 0.497 e. The molecule has 0 aromatic heterocycles. The van der Waals surface area contributed by atoms with Gasteiger partial charge < -0.3 is 24.8 Å². The van der Waals surface area contributed by atoms with E-state index in [4.69, 9.17) is 4.74 Å². The lowest BCUT2D eigenvalue weighted by Crippen LogP contribution is -2.52. The molecule has 1 aliphatic heterocycles. The molecular formula is C23H33N5O. The average molecular weight is 396 g/mol. The minimum atomic E-state index is 0.785. The number of guanidine groups is 1. The van der Waals surface area contributed by atoms with Crippen molar-refractivity contribution in [3.63, 3.8) is 0 Å². The van der Waals surface area contributed by atoms with Crippen LogP contribution in [0.1, 0.15) is 11.1 Å². The summed E-state index contributed by atoms with van der Waals surface area (Å²) in [5, 5.41) is 3.52. The Morgan fingerprint density at radius 2 is 1.59 bits per heavy atom. The first-order valence-corrected chi connectivity index (χ1v) is 10.2. The summed E-state index contributed by atoms with van der Waals surface area (Å²) in [5.74, 6) is 1.86. The first kappa shape index (κ1) is 21.0. The van der Waals surface area contributed by atoms with Crippen LogP contribution >= 0.6 is 0 Å². The molecule has 1 aliphatic rings. The van der Waals surface area contributed by atoms with Crippen LogP contribution in [-0.2, 0) is 13.1 Å². The fraction of sp³-hybridized carbons (Fsp3) is 0.435. The van der Waals surface area contributed by atoms with Crippen LogP contribution in [0.2, 0.25) is 0 Å². The molecule has 6 nitrogen and oxygen atoms in total. The molecule has 6 heteroatoms. The molecule has 1 N–H and O–H groups in total. The van der Waals surface area contributed by atoms with Gasteiger partial charge in [0.05, 0.1) is 7.11 Å².